The summed E-state index contributed by atoms with van der Waals surface area (Å²) in [5, 5.41) is 2.49. The van der Waals surface area contributed by atoms with Gasteiger partial charge in [-0.05, 0) is 43.3 Å². The van der Waals surface area contributed by atoms with Crippen LogP contribution in [0.25, 0.3) is 0 Å². The molecule has 3 rings (SSSR count). The molecule has 1 amide bonds. The van der Waals surface area contributed by atoms with Crippen molar-refractivity contribution in [1.29, 1.82) is 0 Å². The van der Waals surface area contributed by atoms with Gasteiger partial charge in [-0.1, -0.05) is 17.7 Å². The van der Waals surface area contributed by atoms with Crippen LogP contribution in [0.3, 0.4) is 0 Å². The van der Waals surface area contributed by atoms with E-state index in [-0.39, 0.29) is 17.2 Å². The predicted octanol–water partition coefficient (Wildman–Crippen LogP) is 5.45. The molecule has 0 fully saturated rings. The number of halogens is 3. The smallest absolute Gasteiger partial charge is 0.416 e. The minimum Gasteiger partial charge on any atom is -0.456 e. The lowest BCUT2D eigenvalue weighted by molar-refractivity contribution is -0.137. The topological polar surface area (TPSA) is 51.2 Å². The molecule has 0 saturated heterocycles. The van der Waals surface area contributed by atoms with Crippen molar-refractivity contribution >= 4 is 11.6 Å². The Kier molecular flexibility index (Phi) is 5.12. The number of aromatic nitrogens is 1. The monoisotopic (exact) mass is 372 g/mol. The molecule has 0 aliphatic carbocycles. The molecule has 0 saturated carbocycles. The molecule has 138 valence electrons. The number of carbonyl (C=O) groups excluding carboxylic acids is 1. The average molecular weight is 372 g/mol. The molecule has 0 aliphatic rings. The van der Waals surface area contributed by atoms with Crippen molar-refractivity contribution < 1.29 is 22.7 Å². The van der Waals surface area contributed by atoms with Gasteiger partial charge in [0.05, 0.1) is 11.8 Å². The molecule has 1 N–H and O–H groups in total. The van der Waals surface area contributed by atoms with E-state index in [0.29, 0.717) is 5.56 Å². The highest BCUT2D eigenvalue weighted by Gasteiger charge is 2.31. The fourth-order valence-corrected chi connectivity index (χ4v) is 2.43. The molecule has 1 heterocycles. The Morgan fingerprint density at radius 1 is 1.04 bits per heavy atom. The quantitative estimate of drug-likeness (QED) is 0.662. The second-order valence-electron chi connectivity index (χ2n) is 5.86. The summed E-state index contributed by atoms with van der Waals surface area (Å²) in [4.78, 5) is 16.2. The minimum absolute atomic E-state index is 0.0183. The van der Waals surface area contributed by atoms with Gasteiger partial charge in [0.25, 0.3) is 5.91 Å². The second kappa shape index (κ2) is 7.49. The summed E-state index contributed by atoms with van der Waals surface area (Å²) in [5.74, 6) is -0.282. The lowest BCUT2D eigenvalue weighted by atomic mass is 10.1. The number of ether oxygens (including phenoxy) is 1. The van der Waals surface area contributed by atoms with Gasteiger partial charge < -0.3 is 10.1 Å². The van der Waals surface area contributed by atoms with E-state index in [1.165, 1.54) is 18.5 Å². The summed E-state index contributed by atoms with van der Waals surface area (Å²) in [6.07, 6.45) is -1.69. The van der Waals surface area contributed by atoms with Crippen molar-refractivity contribution in [1.82, 2.24) is 4.98 Å². The summed E-state index contributed by atoms with van der Waals surface area (Å²) >= 11 is 0. The van der Waals surface area contributed by atoms with Crippen molar-refractivity contribution in [2.75, 3.05) is 5.32 Å². The first-order valence-corrected chi connectivity index (χ1v) is 7.99. The third-order valence-electron chi connectivity index (χ3n) is 3.64. The molecule has 7 heteroatoms. The number of benzene rings is 2. The molecule has 0 radical (unpaired) electrons. The molecule has 0 aliphatic heterocycles. The zero-order valence-electron chi connectivity index (χ0n) is 14.2. The third kappa shape index (κ3) is 4.84. The van der Waals surface area contributed by atoms with Crippen LogP contribution >= 0.6 is 0 Å². The number of aryl methyl sites for hydroxylation is 1. The van der Waals surface area contributed by atoms with Gasteiger partial charge in [0.15, 0.2) is 0 Å². The molecule has 3 aromatic rings. The van der Waals surface area contributed by atoms with E-state index >= 15 is 0 Å². The maximum Gasteiger partial charge on any atom is 0.416 e. The van der Waals surface area contributed by atoms with Gasteiger partial charge in [-0.25, -0.2) is 0 Å². The van der Waals surface area contributed by atoms with E-state index < -0.39 is 17.6 Å². The lowest BCUT2D eigenvalue weighted by Crippen LogP contribution is -2.13. The van der Waals surface area contributed by atoms with Gasteiger partial charge in [-0.15, -0.1) is 0 Å². The Hall–Kier alpha value is -3.35. The number of carbonyl (C=O) groups is 1. The van der Waals surface area contributed by atoms with Gasteiger partial charge in [0.1, 0.15) is 11.5 Å². The van der Waals surface area contributed by atoms with E-state index in [0.717, 1.165) is 17.7 Å². The normalized spacial score (nSPS) is 11.1. The largest absolute Gasteiger partial charge is 0.456 e. The number of hydrogen-bond donors (Lipinski definition) is 1. The van der Waals surface area contributed by atoms with Crippen LogP contribution in [-0.2, 0) is 6.18 Å². The van der Waals surface area contributed by atoms with Gasteiger partial charge >= 0.3 is 6.18 Å². The molecule has 0 unspecified atom stereocenters. The van der Waals surface area contributed by atoms with E-state index in [4.69, 9.17) is 4.74 Å². The summed E-state index contributed by atoms with van der Waals surface area (Å²) < 4.78 is 45.1. The summed E-state index contributed by atoms with van der Waals surface area (Å²) in [6, 6.07) is 13.0. The number of nitrogens with zero attached hydrogens (tertiary/aromatic N) is 1. The molecule has 2 aromatic carbocycles. The van der Waals surface area contributed by atoms with Crippen molar-refractivity contribution in [2.45, 2.75) is 13.1 Å². The van der Waals surface area contributed by atoms with Crippen LogP contribution in [0.5, 0.6) is 11.5 Å². The van der Waals surface area contributed by atoms with Crippen LogP contribution in [0.4, 0.5) is 18.9 Å². The Morgan fingerprint density at radius 3 is 2.52 bits per heavy atom. The van der Waals surface area contributed by atoms with Crippen LogP contribution in [0.2, 0.25) is 0 Å². The highest BCUT2D eigenvalue weighted by molar-refractivity contribution is 6.04. The predicted molar refractivity (Wildman–Crippen MR) is 94.9 cm³/mol. The van der Waals surface area contributed by atoms with Crippen LogP contribution < -0.4 is 10.1 Å². The number of hydrogen-bond acceptors (Lipinski definition) is 3. The maximum atomic E-state index is 13.2. The minimum atomic E-state index is -4.59. The summed E-state index contributed by atoms with van der Waals surface area (Å²) in [5.41, 5.74) is 0.271. The fraction of sp³-hybridized carbons (Fsp3) is 0.100. The van der Waals surface area contributed by atoms with Crippen LogP contribution in [0.15, 0.2) is 67.0 Å². The first-order chi connectivity index (χ1) is 12.8. The van der Waals surface area contributed by atoms with Crippen LogP contribution in [-0.4, -0.2) is 10.9 Å². The van der Waals surface area contributed by atoms with Crippen molar-refractivity contribution in [3.05, 3.63) is 83.7 Å². The standard InChI is InChI=1S/C20H15F3N2O2/c1-13-4-2-5-14(8-13)19(26)25-16-9-15(20(21,22)23)10-18(11-16)27-17-6-3-7-24-12-17/h2-12H,1H3,(H,25,26). The molecule has 1 aromatic heterocycles. The highest BCUT2D eigenvalue weighted by atomic mass is 19.4. The van der Waals surface area contributed by atoms with Crippen molar-refractivity contribution in [3.8, 4) is 11.5 Å². The van der Waals surface area contributed by atoms with Crippen molar-refractivity contribution in [2.24, 2.45) is 0 Å². The van der Waals surface area contributed by atoms with Crippen LogP contribution in [0.1, 0.15) is 21.5 Å². The maximum absolute atomic E-state index is 13.2. The van der Waals surface area contributed by atoms with Gasteiger partial charge in [0, 0.05) is 23.5 Å². The first-order valence-electron chi connectivity index (χ1n) is 7.99. The Bertz CT molecular complexity index is 957. The highest BCUT2D eigenvalue weighted by Crippen LogP contribution is 2.35. The summed E-state index contributed by atoms with van der Waals surface area (Å²) in [6.45, 7) is 1.82. The fourth-order valence-electron chi connectivity index (χ4n) is 2.43. The number of nitrogens with one attached hydrogen (secondary N) is 1. The molecule has 0 spiro atoms. The Labute approximate surface area is 153 Å². The van der Waals surface area contributed by atoms with Gasteiger partial charge in [-0.2, -0.15) is 13.2 Å². The lowest BCUT2D eigenvalue weighted by Gasteiger charge is -2.14. The molecule has 4 nitrogen and oxygen atoms in total. The molecule has 0 atom stereocenters. The molecular formula is C20H15F3N2O2. The zero-order valence-corrected chi connectivity index (χ0v) is 14.2. The molecular weight excluding hydrogens is 357 g/mol. The Balaban J connectivity index is 1.91. The average Bonchev–Trinajstić information content (AvgIpc) is 2.61. The van der Waals surface area contributed by atoms with E-state index in [1.54, 1.807) is 30.3 Å². The number of anilines is 1. The SMILES string of the molecule is Cc1cccc(C(=O)Nc2cc(Oc3cccnc3)cc(C(F)(F)F)c2)c1. The number of amides is 1. The first kappa shape index (κ1) is 18.4. The van der Waals surface area contributed by atoms with Crippen molar-refractivity contribution in [3.63, 3.8) is 0 Å². The third-order valence-corrected chi connectivity index (χ3v) is 3.64. The van der Waals surface area contributed by atoms with Gasteiger partial charge in [0.2, 0.25) is 0 Å². The number of pyridine rings is 1. The summed E-state index contributed by atoms with van der Waals surface area (Å²) in [7, 11) is 0. The molecule has 27 heavy (non-hydrogen) atoms. The van der Waals surface area contributed by atoms with Gasteiger partial charge in [-0.3, -0.25) is 9.78 Å². The van der Waals surface area contributed by atoms with Crippen LogP contribution in [0, 0.1) is 6.92 Å². The number of rotatable bonds is 4. The number of alkyl halides is 3. The second-order valence-corrected chi connectivity index (χ2v) is 5.86. The van der Waals surface area contributed by atoms with E-state index in [1.807, 2.05) is 13.0 Å². The van der Waals surface area contributed by atoms with E-state index in [2.05, 4.69) is 10.3 Å². The Morgan fingerprint density at radius 2 is 1.85 bits per heavy atom. The zero-order chi connectivity index (χ0) is 19.4. The van der Waals surface area contributed by atoms with E-state index in [9.17, 15) is 18.0 Å². The molecule has 0 bridgehead atoms.